The van der Waals surface area contributed by atoms with E-state index in [0.717, 1.165) is 5.56 Å². The molecule has 1 aliphatic carbocycles. The van der Waals surface area contributed by atoms with Crippen molar-refractivity contribution in [2.24, 2.45) is 5.92 Å². The number of hydrogen-bond acceptors (Lipinski definition) is 4. The summed E-state index contributed by atoms with van der Waals surface area (Å²) in [5.74, 6) is -3.01. The zero-order chi connectivity index (χ0) is 23.5. The molecular formula is C21H31B2ClF2N4O2. The van der Waals surface area contributed by atoms with E-state index in [1.807, 2.05) is 6.07 Å². The minimum atomic E-state index is -2.60. The van der Waals surface area contributed by atoms with E-state index in [1.54, 1.807) is 17.0 Å². The second-order valence-electron chi connectivity index (χ2n) is 9.44. The maximum atomic E-state index is 13.2. The Hall–Kier alpha value is -1.80. The molecule has 11 heteroatoms. The molecule has 0 atom stereocenters. The molecule has 2 amide bonds. The monoisotopic (exact) mass is 466 g/mol. The molecule has 6 nitrogen and oxygen atoms in total. The first-order chi connectivity index (χ1) is 15.0. The van der Waals surface area contributed by atoms with Crippen LogP contribution >= 0.6 is 11.6 Å². The van der Waals surface area contributed by atoms with Crippen LogP contribution in [0, 0.1) is 5.92 Å². The molecule has 0 spiro atoms. The maximum absolute atomic E-state index is 13.2. The highest BCUT2D eigenvalue weighted by Gasteiger charge is 2.36. The molecule has 3 N–H and O–H groups in total. The summed E-state index contributed by atoms with van der Waals surface area (Å²) in [5.41, 5.74) is 7.82. The molecule has 3 rings (SSSR count). The molecule has 2 fully saturated rings. The van der Waals surface area contributed by atoms with Crippen LogP contribution in [0.2, 0.25) is 5.02 Å². The highest BCUT2D eigenvalue weighted by Crippen LogP contribution is 2.37. The van der Waals surface area contributed by atoms with Gasteiger partial charge in [0.2, 0.25) is 17.7 Å². The van der Waals surface area contributed by atoms with Crippen LogP contribution in [0.3, 0.4) is 0 Å². The smallest absolute Gasteiger partial charge is 0.248 e. The van der Waals surface area contributed by atoms with Crippen LogP contribution in [0.4, 0.5) is 14.5 Å². The number of nitrogens with zero attached hydrogens (tertiary/aromatic N) is 2. The summed E-state index contributed by atoms with van der Waals surface area (Å²) in [6.07, 6.45) is 0.579. The second kappa shape index (κ2) is 10.00. The van der Waals surface area contributed by atoms with E-state index in [2.05, 4.69) is 25.9 Å². The fraction of sp³-hybridized carbons (Fsp3) is 0.619. The van der Waals surface area contributed by atoms with E-state index in [1.165, 1.54) is 0 Å². The summed E-state index contributed by atoms with van der Waals surface area (Å²) in [5, 5.41) is 2.96. The Morgan fingerprint density at radius 3 is 2.44 bits per heavy atom. The van der Waals surface area contributed by atoms with Gasteiger partial charge in [0, 0.05) is 56.2 Å². The van der Waals surface area contributed by atoms with E-state index in [-0.39, 0.29) is 48.9 Å². The van der Waals surface area contributed by atoms with Gasteiger partial charge in [0.1, 0.15) is 15.7 Å². The van der Waals surface area contributed by atoms with Gasteiger partial charge in [-0.3, -0.25) is 9.59 Å². The predicted molar refractivity (Wildman–Crippen MR) is 127 cm³/mol. The molecule has 1 saturated carbocycles. The number of anilines is 1. The Morgan fingerprint density at radius 2 is 1.81 bits per heavy atom. The lowest BCUT2D eigenvalue weighted by molar-refractivity contribution is -0.134. The number of carbonyl (C=O) groups is 2. The first-order valence-corrected chi connectivity index (χ1v) is 11.6. The lowest BCUT2D eigenvalue weighted by Gasteiger charge is -2.45. The van der Waals surface area contributed by atoms with Crippen molar-refractivity contribution in [3.05, 3.63) is 28.8 Å². The Kier molecular flexibility index (Phi) is 7.76. The maximum Gasteiger partial charge on any atom is 0.248 e. The number of nitrogens with two attached hydrogens (primary N) is 1. The van der Waals surface area contributed by atoms with Gasteiger partial charge in [-0.2, -0.15) is 0 Å². The van der Waals surface area contributed by atoms with Crippen molar-refractivity contribution >= 4 is 44.8 Å². The number of carbonyl (C=O) groups excluding carboxylic acids is 2. The summed E-state index contributed by atoms with van der Waals surface area (Å²) in [7, 11) is 4.18. The van der Waals surface area contributed by atoms with Crippen molar-refractivity contribution in [1.29, 1.82) is 0 Å². The number of benzene rings is 1. The lowest BCUT2D eigenvalue weighted by atomic mass is 9.56. The third-order valence-electron chi connectivity index (χ3n) is 6.84. The van der Waals surface area contributed by atoms with Gasteiger partial charge in [0.25, 0.3) is 0 Å². The van der Waals surface area contributed by atoms with E-state index < -0.39 is 5.92 Å². The van der Waals surface area contributed by atoms with Crippen LogP contribution in [0.5, 0.6) is 0 Å². The fourth-order valence-corrected chi connectivity index (χ4v) is 4.84. The third-order valence-corrected chi connectivity index (χ3v) is 7.08. The molecule has 1 heterocycles. The van der Waals surface area contributed by atoms with Gasteiger partial charge in [-0.05, 0) is 47.9 Å². The van der Waals surface area contributed by atoms with Crippen LogP contribution in [0.25, 0.3) is 0 Å². The summed E-state index contributed by atoms with van der Waals surface area (Å²) in [6, 6.07) is 5.46. The Balaban J connectivity index is 1.44. The van der Waals surface area contributed by atoms with Gasteiger partial charge in [0.05, 0.1) is 6.54 Å². The third kappa shape index (κ3) is 6.16. The standard InChI is InChI=1S/C21H31B2ClF2N4O2/c22-21(23,16-12-15(24)1-2-17(16)27)30-9-7-29(8-10-30)19(32)13-28-18(31)11-14-3-5-20(25,26)6-4-14/h1-2,12,14H,3-11,13,22-23,27H2,(H,28,31). The largest absolute Gasteiger partial charge is 0.398 e. The number of hydrogen-bond donors (Lipinski definition) is 2. The lowest BCUT2D eigenvalue weighted by Crippen LogP contribution is -2.58. The highest BCUT2D eigenvalue weighted by atomic mass is 35.5. The first-order valence-electron chi connectivity index (χ1n) is 11.2. The molecule has 1 aromatic rings. The van der Waals surface area contributed by atoms with E-state index in [4.69, 9.17) is 17.3 Å². The van der Waals surface area contributed by atoms with Crippen molar-refractivity contribution in [3.63, 3.8) is 0 Å². The van der Waals surface area contributed by atoms with E-state index >= 15 is 0 Å². The van der Waals surface area contributed by atoms with Crippen LogP contribution in [-0.4, -0.2) is 76.0 Å². The van der Waals surface area contributed by atoms with Crippen LogP contribution in [0.15, 0.2) is 18.2 Å². The zero-order valence-corrected chi connectivity index (χ0v) is 19.6. The summed E-state index contributed by atoms with van der Waals surface area (Å²) in [4.78, 5) is 28.7. The topological polar surface area (TPSA) is 78.7 Å². The number of alkyl halides is 2. The highest BCUT2D eigenvalue weighted by molar-refractivity contribution is 6.40. The van der Waals surface area contributed by atoms with Crippen molar-refractivity contribution < 1.29 is 18.4 Å². The van der Waals surface area contributed by atoms with Gasteiger partial charge in [-0.15, -0.1) is 0 Å². The molecule has 2 aliphatic rings. The number of rotatable bonds is 6. The zero-order valence-electron chi connectivity index (χ0n) is 18.8. The normalized spacial score (nSPS) is 20.2. The summed E-state index contributed by atoms with van der Waals surface area (Å²) in [6.45, 7) is 2.39. The minimum absolute atomic E-state index is 0.0329. The molecular weight excluding hydrogens is 435 g/mol. The summed E-state index contributed by atoms with van der Waals surface area (Å²) < 4.78 is 26.5. The quantitative estimate of drug-likeness (QED) is 0.480. The van der Waals surface area contributed by atoms with Crippen molar-refractivity contribution in [3.8, 4) is 0 Å². The number of halogens is 3. The molecule has 32 heavy (non-hydrogen) atoms. The molecule has 0 aromatic heterocycles. The molecule has 0 unspecified atom stereocenters. The van der Waals surface area contributed by atoms with Crippen LogP contribution < -0.4 is 11.1 Å². The van der Waals surface area contributed by atoms with Gasteiger partial charge in [0.15, 0.2) is 0 Å². The molecule has 0 bridgehead atoms. The van der Waals surface area contributed by atoms with Gasteiger partial charge >= 0.3 is 0 Å². The Bertz CT molecular complexity index is 841. The average Bonchev–Trinajstić information content (AvgIpc) is 2.75. The molecule has 174 valence electrons. The van der Waals surface area contributed by atoms with E-state index in [0.29, 0.717) is 49.7 Å². The van der Waals surface area contributed by atoms with Crippen LogP contribution in [-0.2, 0) is 14.9 Å². The van der Waals surface area contributed by atoms with E-state index in [9.17, 15) is 18.4 Å². The number of nitrogens with one attached hydrogen (secondary N) is 1. The van der Waals surface area contributed by atoms with Gasteiger partial charge in [-0.1, -0.05) is 11.6 Å². The first kappa shape index (κ1) is 24.8. The molecule has 1 aromatic carbocycles. The second-order valence-corrected chi connectivity index (χ2v) is 9.88. The number of amides is 2. The number of nitrogen functional groups attached to an aromatic ring is 1. The summed E-state index contributed by atoms with van der Waals surface area (Å²) >= 11 is 6.17. The van der Waals surface area contributed by atoms with Crippen molar-refractivity contribution in [1.82, 2.24) is 15.1 Å². The average molecular weight is 467 g/mol. The SMILES string of the molecule is BC(B)(c1cc(Cl)ccc1N)N1CCN(C(=O)CNC(=O)CC2CCC(F)(F)CC2)CC1. The van der Waals surface area contributed by atoms with Gasteiger partial charge in [-0.25, -0.2) is 8.78 Å². The fourth-order valence-electron chi connectivity index (χ4n) is 4.67. The predicted octanol–water partition coefficient (Wildman–Crippen LogP) is 0.775. The Morgan fingerprint density at radius 1 is 1.19 bits per heavy atom. The Labute approximate surface area is 195 Å². The molecule has 1 aliphatic heterocycles. The van der Waals surface area contributed by atoms with Gasteiger partial charge < -0.3 is 20.9 Å². The van der Waals surface area contributed by atoms with Crippen LogP contribution in [0.1, 0.15) is 37.7 Å². The van der Waals surface area contributed by atoms with Crippen molar-refractivity contribution in [2.45, 2.75) is 43.4 Å². The number of piperazine rings is 1. The minimum Gasteiger partial charge on any atom is -0.398 e. The van der Waals surface area contributed by atoms with Crippen molar-refractivity contribution in [2.75, 3.05) is 38.5 Å². The molecule has 1 saturated heterocycles. The molecule has 0 radical (unpaired) electrons.